The van der Waals surface area contributed by atoms with Crippen molar-refractivity contribution in [3.8, 4) is 5.88 Å². The van der Waals surface area contributed by atoms with Gasteiger partial charge in [-0.2, -0.15) is 0 Å². The van der Waals surface area contributed by atoms with Crippen LogP contribution in [0, 0.1) is 0 Å². The number of hydrogen-bond acceptors (Lipinski definition) is 6. The van der Waals surface area contributed by atoms with Crippen molar-refractivity contribution in [3.05, 3.63) is 71.3 Å². The van der Waals surface area contributed by atoms with Crippen LogP contribution in [0.3, 0.4) is 0 Å². The number of pyridine rings is 2. The van der Waals surface area contributed by atoms with E-state index in [9.17, 15) is 9.59 Å². The van der Waals surface area contributed by atoms with Gasteiger partial charge in [-0.25, -0.2) is 9.97 Å². The van der Waals surface area contributed by atoms with Gasteiger partial charge < -0.3 is 19.5 Å². The van der Waals surface area contributed by atoms with Crippen LogP contribution in [0.2, 0.25) is 0 Å². The van der Waals surface area contributed by atoms with Crippen LogP contribution in [0.4, 0.5) is 5.82 Å². The summed E-state index contributed by atoms with van der Waals surface area (Å²) in [6.07, 6.45) is 9.93. The average Bonchev–Trinajstić information content (AvgIpc) is 3.31. The summed E-state index contributed by atoms with van der Waals surface area (Å²) in [6.45, 7) is 5.27. The van der Waals surface area contributed by atoms with E-state index >= 15 is 0 Å². The van der Waals surface area contributed by atoms with Gasteiger partial charge in [0.15, 0.2) is 0 Å². The molecule has 36 heavy (non-hydrogen) atoms. The van der Waals surface area contributed by atoms with Crippen molar-refractivity contribution in [1.82, 2.24) is 19.4 Å². The van der Waals surface area contributed by atoms with Gasteiger partial charge in [0.25, 0.3) is 5.91 Å². The lowest BCUT2D eigenvalue weighted by Gasteiger charge is -2.35. The topological polar surface area (TPSA) is 89.4 Å². The first-order valence-corrected chi connectivity index (χ1v) is 12.8. The molecule has 0 spiro atoms. The van der Waals surface area contributed by atoms with Gasteiger partial charge in [0.05, 0.1) is 12.6 Å². The molecular weight excluding hydrogens is 454 g/mol. The zero-order valence-corrected chi connectivity index (χ0v) is 20.9. The van der Waals surface area contributed by atoms with Crippen LogP contribution in [0.25, 0.3) is 0 Å². The number of aryl methyl sites for hydroxylation is 2. The average molecular weight is 488 g/mol. The number of carbonyl (C=O) groups excluding carboxylic acids is 2. The number of carbonyl (C=O) groups is 2. The molecule has 5 rings (SSSR count). The molecule has 1 amide bonds. The Balaban J connectivity index is 1.28. The second-order valence-corrected chi connectivity index (χ2v) is 9.64. The van der Waals surface area contributed by atoms with Gasteiger partial charge in [-0.15, -0.1) is 0 Å². The van der Waals surface area contributed by atoms with Crippen LogP contribution in [0.5, 0.6) is 5.88 Å². The number of nitrogens with one attached hydrogen (secondary N) is 1. The van der Waals surface area contributed by atoms with E-state index in [4.69, 9.17) is 4.74 Å². The molecule has 2 aliphatic heterocycles. The number of aromatic nitrogens is 3. The molecule has 0 radical (unpaired) electrons. The number of fused-ring (bicyclic) bond motifs is 2. The number of rotatable bonds is 9. The zero-order chi connectivity index (χ0) is 25.1. The van der Waals surface area contributed by atoms with Crippen LogP contribution in [-0.4, -0.2) is 50.3 Å². The van der Waals surface area contributed by atoms with Crippen molar-refractivity contribution < 1.29 is 14.3 Å². The van der Waals surface area contributed by atoms with E-state index in [1.165, 1.54) is 11.1 Å². The summed E-state index contributed by atoms with van der Waals surface area (Å²) in [6, 6.07) is 9.88. The first-order chi connectivity index (χ1) is 17.5. The summed E-state index contributed by atoms with van der Waals surface area (Å²) in [7, 11) is 0. The van der Waals surface area contributed by atoms with Crippen molar-refractivity contribution >= 4 is 17.5 Å². The summed E-state index contributed by atoms with van der Waals surface area (Å²) < 4.78 is 7.51. The largest absolute Gasteiger partial charge is 0.478 e. The molecule has 2 aliphatic rings. The third-order valence-electron chi connectivity index (χ3n) is 7.08. The minimum absolute atomic E-state index is 0.0402. The Morgan fingerprint density at radius 3 is 2.92 bits per heavy atom. The molecule has 0 aliphatic carbocycles. The SMILES string of the molecule is CCOc1ccc([C@H](CC(C)=O)N2CCn3cc(CCC4CCc5cccnc5N4)cc3C2=O)cn1. The number of ketones is 1. The van der Waals surface area contributed by atoms with Gasteiger partial charge in [0.1, 0.15) is 17.3 Å². The molecule has 1 unspecified atom stereocenters. The molecule has 1 N–H and O–H groups in total. The highest BCUT2D eigenvalue weighted by Gasteiger charge is 2.32. The third-order valence-corrected chi connectivity index (χ3v) is 7.08. The number of Topliss-reactive ketones (excluding diaryl/α,β-unsaturated/α-hetero) is 1. The monoisotopic (exact) mass is 487 g/mol. The van der Waals surface area contributed by atoms with Crippen LogP contribution in [-0.2, 0) is 24.2 Å². The molecule has 188 valence electrons. The summed E-state index contributed by atoms with van der Waals surface area (Å²) in [5.74, 6) is 1.54. The highest BCUT2D eigenvalue weighted by molar-refractivity contribution is 5.94. The van der Waals surface area contributed by atoms with Crippen LogP contribution < -0.4 is 10.1 Å². The van der Waals surface area contributed by atoms with Gasteiger partial charge in [-0.05, 0) is 68.4 Å². The normalized spacial score (nSPS) is 17.7. The Hall–Kier alpha value is -3.68. The lowest BCUT2D eigenvalue weighted by molar-refractivity contribution is -0.118. The molecule has 0 aromatic carbocycles. The molecule has 0 saturated carbocycles. The summed E-state index contributed by atoms with van der Waals surface area (Å²) in [5, 5.41) is 3.57. The predicted molar refractivity (Wildman–Crippen MR) is 137 cm³/mol. The van der Waals surface area contributed by atoms with Crippen molar-refractivity contribution in [2.24, 2.45) is 0 Å². The van der Waals surface area contributed by atoms with E-state index in [1.54, 1.807) is 19.2 Å². The fourth-order valence-corrected chi connectivity index (χ4v) is 5.26. The molecular formula is C28H33N5O3. The Bertz CT molecular complexity index is 1240. The van der Waals surface area contributed by atoms with Gasteiger partial charge in [0, 0.05) is 50.2 Å². The van der Waals surface area contributed by atoms with E-state index in [0.29, 0.717) is 37.3 Å². The molecule has 3 aromatic heterocycles. The van der Waals surface area contributed by atoms with Crippen LogP contribution in [0.15, 0.2) is 48.9 Å². The molecule has 2 atom stereocenters. The minimum atomic E-state index is -0.343. The third kappa shape index (κ3) is 5.12. The van der Waals surface area contributed by atoms with Crippen molar-refractivity contribution in [2.75, 3.05) is 18.5 Å². The quantitative estimate of drug-likeness (QED) is 0.486. The maximum Gasteiger partial charge on any atom is 0.271 e. The van der Waals surface area contributed by atoms with E-state index < -0.39 is 0 Å². The van der Waals surface area contributed by atoms with Gasteiger partial charge in [-0.3, -0.25) is 9.59 Å². The lowest BCUT2D eigenvalue weighted by Crippen LogP contribution is -2.42. The first kappa shape index (κ1) is 24.0. The molecule has 8 heteroatoms. The summed E-state index contributed by atoms with van der Waals surface area (Å²) in [4.78, 5) is 36.3. The van der Waals surface area contributed by atoms with Crippen LogP contribution in [0.1, 0.15) is 66.3 Å². The van der Waals surface area contributed by atoms with E-state index in [1.807, 2.05) is 36.2 Å². The lowest BCUT2D eigenvalue weighted by atomic mass is 9.96. The van der Waals surface area contributed by atoms with Gasteiger partial charge >= 0.3 is 0 Å². The van der Waals surface area contributed by atoms with Gasteiger partial charge in [0.2, 0.25) is 5.88 Å². The maximum atomic E-state index is 13.6. The standard InChI is InChI=1S/C28H33N5O3/c1-3-36-26-11-8-22(17-30-26)24(15-19(2)34)33-14-13-32-18-20(16-25(32)28(33)35)6-9-23-10-7-21-5-4-12-29-27(21)31-23/h4-5,8,11-12,16-18,23-24H,3,6-7,9-10,13-15H2,1-2H3,(H,29,31)/t23?,24-/m0/s1. The Kier molecular flexibility index (Phi) is 7.02. The van der Waals surface area contributed by atoms with Crippen molar-refractivity contribution in [3.63, 3.8) is 0 Å². The van der Waals surface area contributed by atoms with Crippen molar-refractivity contribution in [2.45, 2.75) is 64.6 Å². The number of nitrogens with zero attached hydrogens (tertiary/aromatic N) is 4. The molecule has 0 bridgehead atoms. The maximum absolute atomic E-state index is 13.6. The Morgan fingerprint density at radius 2 is 2.14 bits per heavy atom. The van der Waals surface area contributed by atoms with E-state index in [-0.39, 0.29) is 24.2 Å². The smallest absolute Gasteiger partial charge is 0.271 e. The highest BCUT2D eigenvalue weighted by atomic mass is 16.5. The number of anilines is 1. The molecule has 5 heterocycles. The second-order valence-electron chi connectivity index (χ2n) is 9.64. The predicted octanol–water partition coefficient (Wildman–Crippen LogP) is 4.21. The summed E-state index contributed by atoms with van der Waals surface area (Å²) >= 11 is 0. The minimum Gasteiger partial charge on any atom is -0.478 e. The second kappa shape index (κ2) is 10.5. The first-order valence-electron chi connectivity index (χ1n) is 12.8. The molecule has 8 nitrogen and oxygen atoms in total. The highest BCUT2D eigenvalue weighted by Crippen LogP contribution is 2.31. The molecule has 3 aromatic rings. The Morgan fingerprint density at radius 1 is 1.25 bits per heavy atom. The van der Waals surface area contributed by atoms with E-state index in [0.717, 1.165) is 37.1 Å². The zero-order valence-electron chi connectivity index (χ0n) is 20.9. The molecule has 0 saturated heterocycles. The molecule has 0 fully saturated rings. The number of ether oxygens (including phenoxy) is 1. The summed E-state index contributed by atoms with van der Waals surface area (Å²) in [5.41, 5.74) is 3.98. The fraction of sp³-hybridized carbons (Fsp3) is 0.429. The van der Waals surface area contributed by atoms with E-state index in [2.05, 4.69) is 32.1 Å². The van der Waals surface area contributed by atoms with Crippen LogP contribution >= 0.6 is 0 Å². The van der Waals surface area contributed by atoms with Crippen molar-refractivity contribution in [1.29, 1.82) is 0 Å². The van der Waals surface area contributed by atoms with Gasteiger partial charge in [-0.1, -0.05) is 12.1 Å². The number of amides is 1. The number of hydrogen-bond donors (Lipinski definition) is 1. The fourth-order valence-electron chi connectivity index (χ4n) is 5.26. The Labute approximate surface area is 211 Å².